The van der Waals surface area contributed by atoms with Gasteiger partial charge in [0, 0.05) is 6.42 Å². The van der Waals surface area contributed by atoms with Gasteiger partial charge in [-0.15, -0.1) is 0 Å². The molecule has 0 aromatic carbocycles. The van der Waals surface area contributed by atoms with E-state index < -0.39 is 54.1 Å². The van der Waals surface area contributed by atoms with Crippen molar-refractivity contribution in [1.82, 2.24) is 4.90 Å². The van der Waals surface area contributed by atoms with Gasteiger partial charge in [-0.2, -0.15) is 13.2 Å². The molecule has 0 unspecified atom stereocenters. The maximum absolute atomic E-state index is 13.5. The van der Waals surface area contributed by atoms with E-state index in [1.54, 1.807) is 0 Å². The van der Waals surface area contributed by atoms with Crippen LogP contribution in [0.3, 0.4) is 0 Å². The Kier molecular flexibility index (Phi) is 3.24. The number of nitrogens with zero attached hydrogens (tertiary/aromatic N) is 1. The summed E-state index contributed by atoms with van der Waals surface area (Å²) in [5.41, 5.74) is -2.94. The summed E-state index contributed by atoms with van der Waals surface area (Å²) in [5.74, 6) is -2.71. The Morgan fingerprint density at radius 2 is 1.77 bits per heavy atom. The van der Waals surface area contributed by atoms with E-state index in [1.807, 2.05) is 0 Å². The van der Waals surface area contributed by atoms with Crippen molar-refractivity contribution < 1.29 is 32.3 Å². The zero-order valence-electron chi connectivity index (χ0n) is 11.8. The first-order valence-corrected chi connectivity index (χ1v) is 7.35. The Morgan fingerprint density at radius 3 is 2.18 bits per heavy atom. The number of hydrogen-bond acceptors (Lipinski definition) is 2. The highest BCUT2D eigenvalue weighted by Crippen LogP contribution is 2.69. The van der Waals surface area contributed by atoms with Crippen molar-refractivity contribution in [2.24, 2.45) is 10.8 Å². The van der Waals surface area contributed by atoms with Crippen LogP contribution >= 0.6 is 0 Å². The van der Waals surface area contributed by atoms with Gasteiger partial charge in [0.15, 0.2) is 0 Å². The second kappa shape index (κ2) is 4.58. The van der Waals surface area contributed by atoms with Crippen molar-refractivity contribution >= 4 is 11.9 Å². The molecule has 124 valence electrons. The molecule has 8 heteroatoms. The number of halogens is 4. The van der Waals surface area contributed by atoms with Gasteiger partial charge in [-0.25, -0.2) is 9.18 Å². The molecule has 2 atom stereocenters. The minimum absolute atomic E-state index is 0.290. The van der Waals surface area contributed by atoms with Crippen LogP contribution in [-0.4, -0.2) is 46.8 Å². The minimum atomic E-state index is -4.73. The van der Waals surface area contributed by atoms with Crippen LogP contribution in [0.25, 0.3) is 0 Å². The lowest BCUT2D eigenvalue weighted by atomic mass is 9.44. The second-order valence-corrected chi connectivity index (χ2v) is 6.93. The van der Waals surface area contributed by atoms with Crippen molar-refractivity contribution in [3.63, 3.8) is 0 Å². The van der Waals surface area contributed by atoms with E-state index in [0.717, 1.165) is 6.42 Å². The molecular formula is C14H17F4NO3. The molecule has 1 saturated heterocycles. The van der Waals surface area contributed by atoms with E-state index in [2.05, 4.69) is 0 Å². The van der Waals surface area contributed by atoms with E-state index in [0.29, 0.717) is 17.7 Å². The fourth-order valence-corrected chi connectivity index (χ4v) is 4.25. The molecule has 3 aliphatic rings. The predicted molar refractivity (Wildman–Crippen MR) is 66.7 cm³/mol. The monoisotopic (exact) mass is 323 g/mol. The molecule has 0 aromatic heterocycles. The molecule has 0 bridgehead atoms. The molecular weight excluding hydrogens is 306 g/mol. The maximum atomic E-state index is 13.5. The predicted octanol–water partition coefficient (Wildman–Crippen LogP) is 2.52. The van der Waals surface area contributed by atoms with Crippen molar-refractivity contribution in [3.8, 4) is 0 Å². The average Bonchev–Trinajstić information content (AvgIpc) is 2.66. The summed E-state index contributed by atoms with van der Waals surface area (Å²) in [6, 6.07) is -1.50. The molecule has 3 rings (SSSR count). The Morgan fingerprint density at radius 1 is 1.18 bits per heavy atom. The van der Waals surface area contributed by atoms with Crippen LogP contribution in [0.5, 0.6) is 0 Å². The molecule has 3 fully saturated rings. The van der Waals surface area contributed by atoms with Crippen molar-refractivity contribution in [2.45, 2.75) is 56.9 Å². The van der Waals surface area contributed by atoms with E-state index in [9.17, 15) is 27.2 Å². The molecule has 0 aromatic rings. The lowest BCUT2D eigenvalue weighted by molar-refractivity contribution is -0.285. The van der Waals surface area contributed by atoms with Crippen molar-refractivity contribution in [3.05, 3.63) is 0 Å². The first-order chi connectivity index (χ1) is 10.1. The molecule has 4 nitrogen and oxygen atoms in total. The van der Waals surface area contributed by atoms with Crippen LogP contribution in [0.15, 0.2) is 0 Å². The van der Waals surface area contributed by atoms with Crippen molar-refractivity contribution in [1.29, 1.82) is 0 Å². The SMILES string of the molecule is O=C(O)[C@@H]1C[C@@H](F)CN1C(=O)C1(C(F)(F)F)CC2(CCC2)C1. The van der Waals surface area contributed by atoms with Crippen LogP contribution in [0.1, 0.15) is 38.5 Å². The van der Waals surface area contributed by atoms with Gasteiger partial charge in [0.1, 0.15) is 17.6 Å². The van der Waals surface area contributed by atoms with Gasteiger partial charge < -0.3 is 10.0 Å². The Balaban J connectivity index is 1.86. The van der Waals surface area contributed by atoms with Crippen molar-refractivity contribution in [2.75, 3.05) is 6.54 Å². The van der Waals surface area contributed by atoms with E-state index in [-0.39, 0.29) is 12.8 Å². The van der Waals surface area contributed by atoms with Crippen LogP contribution in [0, 0.1) is 10.8 Å². The Hall–Kier alpha value is -1.34. The van der Waals surface area contributed by atoms with Gasteiger partial charge in [-0.1, -0.05) is 6.42 Å². The summed E-state index contributed by atoms with van der Waals surface area (Å²) < 4.78 is 53.9. The standard InChI is InChI=1S/C14H17F4NO3/c15-8-4-9(10(20)21)19(5-8)11(22)13(14(16,17)18)6-12(7-13)2-1-3-12/h8-9H,1-7H2,(H,20,21)/t8-,9+/m1/s1. The van der Waals surface area contributed by atoms with Gasteiger partial charge in [0.2, 0.25) is 5.91 Å². The minimum Gasteiger partial charge on any atom is -0.480 e. The molecule has 1 amide bonds. The number of alkyl halides is 4. The zero-order valence-corrected chi connectivity index (χ0v) is 11.8. The van der Waals surface area contributed by atoms with Crippen LogP contribution in [-0.2, 0) is 9.59 Å². The zero-order chi connectivity index (χ0) is 16.3. The first-order valence-electron chi connectivity index (χ1n) is 7.35. The largest absolute Gasteiger partial charge is 0.480 e. The van der Waals surface area contributed by atoms with Crippen LogP contribution < -0.4 is 0 Å². The number of carboxylic acid groups (broad SMARTS) is 1. The lowest BCUT2D eigenvalue weighted by Crippen LogP contribution is -2.65. The third kappa shape index (κ3) is 2.02. The summed E-state index contributed by atoms with van der Waals surface area (Å²) >= 11 is 0. The van der Waals surface area contributed by atoms with Gasteiger partial charge in [-0.05, 0) is 31.1 Å². The smallest absolute Gasteiger partial charge is 0.403 e. The number of carbonyl (C=O) groups excluding carboxylic acids is 1. The summed E-state index contributed by atoms with van der Waals surface area (Å²) in [6.07, 6.45) is -5.14. The number of likely N-dealkylation sites (tertiary alicyclic amines) is 1. The highest BCUT2D eigenvalue weighted by atomic mass is 19.4. The number of carbonyl (C=O) groups is 2. The van der Waals surface area contributed by atoms with Crippen LogP contribution in [0.2, 0.25) is 0 Å². The molecule has 1 aliphatic heterocycles. The summed E-state index contributed by atoms with van der Waals surface area (Å²) in [4.78, 5) is 24.1. The van der Waals surface area contributed by atoms with Gasteiger partial charge >= 0.3 is 12.1 Å². The average molecular weight is 323 g/mol. The number of rotatable bonds is 2. The quantitative estimate of drug-likeness (QED) is 0.795. The number of amides is 1. The number of aliphatic carboxylic acids is 1. The van der Waals surface area contributed by atoms with Gasteiger partial charge in [-0.3, -0.25) is 4.79 Å². The number of hydrogen-bond donors (Lipinski definition) is 1. The molecule has 1 N–H and O–H groups in total. The summed E-state index contributed by atoms with van der Waals surface area (Å²) in [7, 11) is 0. The highest BCUT2D eigenvalue weighted by molar-refractivity contribution is 5.90. The fraction of sp³-hybridized carbons (Fsp3) is 0.857. The topological polar surface area (TPSA) is 57.6 Å². The maximum Gasteiger partial charge on any atom is 0.403 e. The third-order valence-corrected chi connectivity index (χ3v) is 5.52. The molecule has 2 saturated carbocycles. The number of carboxylic acids is 1. The lowest BCUT2D eigenvalue weighted by Gasteiger charge is -2.60. The molecule has 22 heavy (non-hydrogen) atoms. The van der Waals surface area contributed by atoms with Gasteiger partial charge in [0.05, 0.1) is 6.54 Å². The molecule has 1 spiro atoms. The van der Waals surface area contributed by atoms with E-state index >= 15 is 0 Å². The van der Waals surface area contributed by atoms with E-state index in [1.165, 1.54) is 0 Å². The normalized spacial score (nSPS) is 32.5. The Bertz CT molecular complexity index is 507. The molecule has 0 radical (unpaired) electrons. The van der Waals surface area contributed by atoms with E-state index in [4.69, 9.17) is 5.11 Å². The van der Waals surface area contributed by atoms with Crippen LogP contribution in [0.4, 0.5) is 17.6 Å². The van der Waals surface area contributed by atoms with Gasteiger partial charge in [0.25, 0.3) is 0 Å². The second-order valence-electron chi connectivity index (χ2n) is 6.93. The summed E-state index contributed by atoms with van der Waals surface area (Å²) in [5, 5.41) is 9.03. The summed E-state index contributed by atoms with van der Waals surface area (Å²) in [6.45, 7) is -0.569. The highest BCUT2D eigenvalue weighted by Gasteiger charge is 2.73. The first kappa shape index (κ1) is 15.6. The fourth-order valence-electron chi connectivity index (χ4n) is 4.25. The molecule has 1 heterocycles. The Labute approximate surface area is 124 Å². The third-order valence-electron chi connectivity index (χ3n) is 5.52. The molecule has 2 aliphatic carbocycles.